The molecule has 126 valence electrons. The number of nitroso groups, excluding NO2 is 2. The van der Waals surface area contributed by atoms with Crippen LogP contribution in [0.4, 0.5) is 0 Å². The molecule has 0 radical (unpaired) electrons. The smallest absolute Gasteiger partial charge is 0.0785 e. The van der Waals surface area contributed by atoms with E-state index in [1.54, 1.807) is 0 Å². The van der Waals surface area contributed by atoms with Crippen molar-refractivity contribution in [1.82, 2.24) is 0 Å². The molecule has 1 saturated heterocycles. The van der Waals surface area contributed by atoms with Crippen LogP contribution in [0.25, 0.3) is 6.08 Å². The molecule has 1 aliphatic carbocycles. The van der Waals surface area contributed by atoms with Gasteiger partial charge >= 0.3 is 0 Å². The van der Waals surface area contributed by atoms with Crippen LogP contribution in [0, 0.1) is 15.7 Å². The fourth-order valence-corrected chi connectivity index (χ4v) is 3.53. The molecule has 0 amide bonds. The van der Waals surface area contributed by atoms with E-state index in [9.17, 15) is 9.81 Å². The number of nitrogens with zero attached hydrogens (tertiary/aromatic N) is 2. The molecule has 0 spiro atoms. The van der Waals surface area contributed by atoms with Gasteiger partial charge in [0.15, 0.2) is 0 Å². The summed E-state index contributed by atoms with van der Waals surface area (Å²) < 4.78 is 2.11. The summed E-state index contributed by atoms with van der Waals surface area (Å²) >= 11 is 0. The molecule has 2 atom stereocenters. The third-order valence-electron chi connectivity index (χ3n) is 5.04. The maximum atomic E-state index is 12.3. The molecule has 3 rings (SSSR count). The maximum absolute atomic E-state index is 12.3. The first kappa shape index (κ1) is 16.7. The van der Waals surface area contributed by atoms with Gasteiger partial charge in [0, 0.05) is 19.3 Å². The molecule has 1 saturated carbocycles. The van der Waals surface area contributed by atoms with Crippen LogP contribution in [0.15, 0.2) is 48.6 Å². The quantitative estimate of drug-likeness (QED) is 0.616. The molecule has 24 heavy (non-hydrogen) atoms. The van der Waals surface area contributed by atoms with Crippen molar-refractivity contribution in [2.75, 3.05) is 13.1 Å². The highest BCUT2D eigenvalue weighted by Crippen LogP contribution is 2.25. The van der Waals surface area contributed by atoms with E-state index < -0.39 is 0 Å². The molecule has 1 aliphatic heterocycles. The van der Waals surface area contributed by atoms with E-state index in [0.717, 1.165) is 15.1 Å². The standard InChI is InChI=1S/C20H26N2O2/c23-21-16-20(14-12-18-9-5-2-6-10-18)22(24)15-19(21)13-11-17-7-3-1-4-8-17/h1,3-4,7-8,11-14,18-20H,2,5-6,9-10,15-16H2/q+2/b13-11+,14-12+. The Morgan fingerprint density at radius 3 is 2.08 bits per heavy atom. The Morgan fingerprint density at radius 1 is 0.792 bits per heavy atom. The summed E-state index contributed by atoms with van der Waals surface area (Å²) in [6, 6.07) is 9.16. The Morgan fingerprint density at radius 2 is 1.42 bits per heavy atom. The second-order valence-corrected chi connectivity index (χ2v) is 6.89. The van der Waals surface area contributed by atoms with Gasteiger partial charge in [-0.1, -0.05) is 61.7 Å². The fraction of sp³-hybridized carbons (Fsp3) is 0.500. The van der Waals surface area contributed by atoms with Crippen LogP contribution < -0.4 is 0 Å². The van der Waals surface area contributed by atoms with Gasteiger partial charge in [-0.2, -0.15) is 0 Å². The second kappa shape index (κ2) is 8.13. The highest BCUT2D eigenvalue weighted by molar-refractivity contribution is 5.49. The van der Waals surface area contributed by atoms with Crippen molar-refractivity contribution in [3.05, 3.63) is 63.9 Å². The monoisotopic (exact) mass is 326 g/mol. The SMILES string of the molecule is O=[N+]1CC(/C=C/C2CCCCC2)[N+](=O)CC1/C=C/c1ccccc1. The van der Waals surface area contributed by atoms with E-state index in [1.165, 1.54) is 32.1 Å². The van der Waals surface area contributed by atoms with Crippen LogP contribution in [0.2, 0.25) is 0 Å². The summed E-state index contributed by atoms with van der Waals surface area (Å²) in [4.78, 5) is 24.6. The summed E-state index contributed by atoms with van der Waals surface area (Å²) in [5.41, 5.74) is 1.04. The molecule has 2 unspecified atom stereocenters. The minimum absolute atomic E-state index is 0.229. The van der Waals surface area contributed by atoms with Gasteiger partial charge in [-0.15, -0.1) is 0 Å². The average molecular weight is 326 g/mol. The summed E-state index contributed by atoms with van der Waals surface area (Å²) in [7, 11) is 0. The third kappa shape index (κ3) is 4.47. The van der Waals surface area contributed by atoms with Gasteiger partial charge in [0.05, 0.1) is 0 Å². The maximum Gasteiger partial charge on any atom is 0.281 e. The number of hydrogen-bond acceptors (Lipinski definition) is 2. The number of piperazine rings is 1. The van der Waals surface area contributed by atoms with Crippen LogP contribution in [-0.2, 0) is 0 Å². The summed E-state index contributed by atoms with van der Waals surface area (Å²) in [5.74, 6) is 0.586. The number of rotatable bonds is 4. The van der Waals surface area contributed by atoms with Crippen LogP contribution in [0.1, 0.15) is 37.7 Å². The van der Waals surface area contributed by atoms with E-state index in [-0.39, 0.29) is 25.2 Å². The first-order chi connectivity index (χ1) is 11.7. The minimum Gasteiger partial charge on any atom is -0.0785 e. The molecule has 2 fully saturated rings. The van der Waals surface area contributed by atoms with E-state index in [1.807, 2.05) is 48.6 Å². The lowest BCUT2D eigenvalue weighted by molar-refractivity contribution is -0.718. The lowest BCUT2D eigenvalue weighted by Crippen LogP contribution is -2.47. The van der Waals surface area contributed by atoms with Gasteiger partial charge in [0.25, 0.3) is 25.2 Å². The Kier molecular flexibility index (Phi) is 5.68. The average Bonchev–Trinajstić information content (AvgIpc) is 2.62. The third-order valence-corrected chi connectivity index (χ3v) is 5.04. The number of allylic oxidation sites excluding steroid dienone is 1. The van der Waals surface area contributed by atoms with Gasteiger partial charge in [0.1, 0.15) is 0 Å². The predicted molar refractivity (Wildman–Crippen MR) is 95.8 cm³/mol. The molecule has 1 aromatic carbocycles. The van der Waals surface area contributed by atoms with Crippen LogP contribution in [0.5, 0.6) is 0 Å². The van der Waals surface area contributed by atoms with Gasteiger partial charge in [-0.3, -0.25) is 0 Å². The number of hydrogen-bond donors (Lipinski definition) is 0. The van der Waals surface area contributed by atoms with E-state index in [0.29, 0.717) is 5.92 Å². The zero-order valence-electron chi connectivity index (χ0n) is 14.1. The molecule has 0 N–H and O–H groups in total. The first-order valence-electron chi connectivity index (χ1n) is 9.01. The molecule has 1 aromatic rings. The molecule has 0 bridgehead atoms. The van der Waals surface area contributed by atoms with Crippen molar-refractivity contribution < 1.29 is 9.52 Å². The fourth-order valence-electron chi connectivity index (χ4n) is 3.53. The lowest BCUT2D eigenvalue weighted by atomic mass is 9.88. The Balaban J connectivity index is 1.57. The molecule has 1 heterocycles. The van der Waals surface area contributed by atoms with E-state index in [4.69, 9.17) is 0 Å². The summed E-state index contributed by atoms with van der Waals surface area (Å²) in [6.45, 7) is 0.475. The topological polar surface area (TPSA) is 40.2 Å². The van der Waals surface area contributed by atoms with Gasteiger partial charge in [-0.25, -0.2) is 0 Å². The van der Waals surface area contributed by atoms with Gasteiger partial charge < -0.3 is 0 Å². The summed E-state index contributed by atoms with van der Waals surface area (Å²) in [5, 5.41) is 0. The molecule has 4 nitrogen and oxygen atoms in total. The Bertz CT molecular complexity index is 630. The number of benzene rings is 1. The second-order valence-electron chi connectivity index (χ2n) is 6.89. The highest BCUT2D eigenvalue weighted by atomic mass is 16.3. The Hall–Kier alpha value is -2.10. The van der Waals surface area contributed by atoms with E-state index >= 15 is 0 Å². The molecular formula is C20H26N2O2+2. The van der Waals surface area contributed by atoms with Gasteiger partial charge in [-0.05, 0) is 36.5 Å². The van der Waals surface area contributed by atoms with Crippen LogP contribution in [-0.4, -0.2) is 34.7 Å². The normalized spacial score (nSPS) is 26.5. The van der Waals surface area contributed by atoms with Crippen LogP contribution in [0.3, 0.4) is 0 Å². The Labute approximate surface area is 143 Å². The molecular weight excluding hydrogens is 300 g/mol. The largest absolute Gasteiger partial charge is 0.281 e. The minimum atomic E-state index is -0.373. The predicted octanol–water partition coefficient (Wildman–Crippen LogP) is 4.14. The highest BCUT2D eigenvalue weighted by Gasteiger charge is 2.44. The van der Waals surface area contributed by atoms with Crippen molar-refractivity contribution in [3.63, 3.8) is 0 Å². The lowest BCUT2D eigenvalue weighted by Gasteiger charge is -2.18. The van der Waals surface area contributed by atoms with Gasteiger partial charge in [0.2, 0.25) is 0 Å². The zero-order chi connectivity index (χ0) is 16.8. The molecule has 0 aromatic heterocycles. The van der Waals surface area contributed by atoms with Crippen molar-refractivity contribution in [1.29, 1.82) is 0 Å². The van der Waals surface area contributed by atoms with Crippen molar-refractivity contribution in [2.45, 2.75) is 44.2 Å². The van der Waals surface area contributed by atoms with Crippen molar-refractivity contribution in [3.8, 4) is 0 Å². The first-order valence-corrected chi connectivity index (χ1v) is 9.01. The zero-order valence-corrected chi connectivity index (χ0v) is 14.1. The van der Waals surface area contributed by atoms with E-state index in [2.05, 4.69) is 6.08 Å². The van der Waals surface area contributed by atoms with Crippen molar-refractivity contribution in [2.24, 2.45) is 5.92 Å². The van der Waals surface area contributed by atoms with Crippen LogP contribution >= 0.6 is 0 Å². The molecule has 4 heteroatoms. The summed E-state index contributed by atoms with van der Waals surface area (Å²) in [6.07, 6.45) is 14.2. The molecule has 2 aliphatic rings. The van der Waals surface area contributed by atoms with Crippen molar-refractivity contribution >= 4 is 6.08 Å².